The molecule has 1 aliphatic rings. The van der Waals surface area contributed by atoms with E-state index in [0.717, 1.165) is 25.1 Å². The van der Waals surface area contributed by atoms with Gasteiger partial charge in [0.15, 0.2) is 11.6 Å². The highest BCUT2D eigenvalue weighted by Crippen LogP contribution is 2.18. The molecule has 100 valence electrons. The molecule has 7 heteroatoms. The van der Waals surface area contributed by atoms with Crippen molar-refractivity contribution in [2.45, 2.75) is 18.1 Å². The van der Waals surface area contributed by atoms with Crippen molar-refractivity contribution in [1.82, 2.24) is 5.32 Å². The van der Waals surface area contributed by atoms with Gasteiger partial charge < -0.3 is 5.32 Å². The Balaban J connectivity index is 2.13. The molecule has 1 saturated heterocycles. The molecule has 0 radical (unpaired) electrons. The van der Waals surface area contributed by atoms with Crippen LogP contribution < -0.4 is 10.0 Å². The zero-order valence-electron chi connectivity index (χ0n) is 9.62. The summed E-state index contributed by atoms with van der Waals surface area (Å²) in [7, 11) is -3.57. The predicted molar refractivity (Wildman–Crippen MR) is 64.8 cm³/mol. The van der Waals surface area contributed by atoms with E-state index in [1.165, 1.54) is 6.07 Å². The first-order valence-corrected chi connectivity index (χ1v) is 7.21. The van der Waals surface area contributed by atoms with E-state index in [4.69, 9.17) is 0 Å². The zero-order chi connectivity index (χ0) is 13.2. The number of piperidine rings is 1. The number of halogens is 2. The van der Waals surface area contributed by atoms with Crippen molar-refractivity contribution in [3.05, 3.63) is 29.8 Å². The fraction of sp³-hybridized carbons (Fsp3) is 0.455. The molecule has 0 aliphatic carbocycles. The van der Waals surface area contributed by atoms with Gasteiger partial charge in [-0.05, 0) is 31.5 Å². The van der Waals surface area contributed by atoms with Crippen molar-refractivity contribution in [3.8, 4) is 0 Å². The summed E-state index contributed by atoms with van der Waals surface area (Å²) < 4.78 is 51.9. The van der Waals surface area contributed by atoms with Gasteiger partial charge in [0.05, 0.1) is 10.9 Å². The van der Waals surface area contributed by atoms with Crippen LogP contribution in [0.5, 0.6) is 0 Å². The number of anilines is 1. The average molecular weight is 276 g/mol. The summed E-state index contributed by atoms with van der Waals surface area (Å²) in [6, 6.07) is 2.93. The Morgan fingerprint density at radius 3 is 2.67 bits per heavy atom. The molecule has 18 heavy (non-hydrogen) atoms. The lowest BCUT2D eigenvalue weighted by Gasteiger charge is -2.23. The highest BCUT2D eigenvalue weighted by molar-refractivity contribution is 7.93. The van der Waals surface area contributed by atoms with E-state index in [0.29, 0.717) is 13.0 Å². The van der Waals surface area contributed by atoms with Crippen LogP contribution in [-0.2, 0) is 10.0 Å². The standard InChI is InChI=1S/C11H14F2N2O2S/c12-10-4-3-8(6-11(10)13)15-18(16,17)9-2-1-5-14-7-9/h3-4,6,9,14-15H,1-2,5,7H2. The molecule has 1 aromatic rings. The van der Waals surface area contributed by atoms with Crippen molar-refractivity contribution in [2.24, 2.45) is 0 Å². The van der Waals surface area contributed by atoms with Crippen LogP contribution in [0.1, 0.15) is 12.8 Å². The van der Waals surface area contributed by atoms with E-state index in [1.54, 1.807) is 0 Å². The van der Waals surface area contributed by atoms with Gasteiger partial charge in [0.1, 0.15) is 0 Å². The van der Waals surface area contributed by atoms with Crippen LogP contribution in [0, 0.1) is 11.6 Å². The van der Waals surface area contributed by atoms with Crippen molar-refractivity contribution in [2.75, 3.05) is 17.8 Å². The Morgan fingerprint density at radius 2 is 2.06 bits per heavy atom. The van der Waals surface area contributed by atoms with E-state index in [9.17, 15) is 17.2 Å². The molecular weight excluding hydrogens is 262 g/mol. The van der Waals surface area contributed by atoms with Gasteiger partial charge >= 0.3 is 0 Å². The smallest absolute Gasteiger partial charge is 0.236 e. The molecule has 1 unspecified atom stereocenters. The maximum absolute atomic E-state index is 13.0. The summed E-state index contributed by atoms with van der Waals surface area (Å²) in [5, 5.41) is 2.45. The number of benzene rings is 1. The van der Waals surface area contributed by atoms with E-state index in [-0.39, 0.29) is 5.69 Å². The number of rotatable bonds is 3. The maximum Gasteiger partial charge on any atom is 0.236 e. The number of hydrogen-bond donors (Lipinski definition) is 2. The monoisotopic (exact) mass is 276 g/mol. The molecule has 0 spiro atoms. The molecular formula is C11H14F2N2O2S. The molecule has 0 amide bonds. The van der Waals surface area contributed by atoms with Crippen molar-refractivity contribution < 1.29 is 17.2 Å². The molecule has 1 aromatic carbocycles. The van der Waals surface area contributed by atoms with Crippen LogP contribution in [0.25, 0.3) is 0 Å². The average Bonchev–Trinajstić information content (AvgIpc) is 2.35. The fourth-order valence-electron chi connectivity index (χ4n) is 1.89. The van der Waals surface area contributed by atoms with Crippen LogP contribution in [0.3, 0.4) is 0 Å². The van der Waals surface area contributed by atoms with Crippen molar-refractivity contribution >= 4 is 15.7 Å². The molecule has 0 bridgehead atoms. The third kappa shape index (κ3) is 2.97. The summed E-state index contributed by atoms with van der Waals surface area (Å²) >= 11 is 0. The summed E-state index contributed by atoms with van der Waals surface area (Å²) in [6.45, 7) is 1.18. The van der Waals surface area contributed by atoms with Crippen LogP contribution in [0.15, 0.2) is 18.2 Å². The molecule has 1 fully saturated rings. The third-order valence-electron chi connectivity index (χ3n) is 2.87. The van der Waals surface area contributed by atoms with Gasteiger partial charge in [-0.3, -0.25) is 4.72 Å². The Bertz CT molecular complexity index is 528. The van der Waals surface area contributed by atoms with Crippen LogP contribution in [-0.4, -0.2) is 26.8 Å². The third-order valence-corrected chi connectivity index (χ3v) is 4.67. The summed E-state index contributed by atoms with van der Waals surface area (Å²) in [5.74, 6) is -2.07. The highest BCUT2D eigenvalue weighted by Gasteiger charge is 2.27. The summed E-state index contributed by atoms with van der Waals surface area (Å²) in [4.78, 5) is 0. The van der Waals surface area contributed by atoms with Gasteiger partial charge in [-0.2, -0.15) is 0 Å². The fourth-order valence-corrected chi connectivity index (χ4v) is 3.33. The Labute approximate surface area is 104 Å². The Morgan fingerprint density at radius 1 is 1.28 bits per heavy atom. The van der Waals surface area contributed by atoms with Gasteiger partial charge in [-0.15, -0.1) is 0 Å². The van der Waals surface area contributed by atoms with Crippen LogP contribution in [0.2, 0.25) is 0 Å². The number of hydrogen-bond acceptors (Lipinski definition) is 3. The second kappa shape index (κ2) is 5.19. The van der Waals surface area contributed by atoms with Crippen LogP contribution >= 0.6 is 0 Å². The van der Waals surface area contributed by atoms with Gasteiger partial charge in [0.2, 0.25) is 10.0 Å². The SMILES string of the molecule is O=S(=O)(Nc1ccc(F)c(F)c1)C1CCCNC1. The van der Waals surface area contributed by atoms with E-state index >= 15 is 0 Å². The summed E-state index contributed by atoms with van der Waals surface area (Å²) in [6.07, 6.45) is 1.34. The molecule has 1 aliphatic heterocycles. The minimum absolute atomic E-state index is 0.0412. The minimum Gasteiger partial charge on any atom is -0.315 e. The number of sulfonamides is 1. The normalized spacial score (nSPS) is 20.7. The lowest BCUT2D eigenvalue weighted by atomic mass is 10.2. The molecule has 0 aromatic heterocycles. The molecule has 0 saturated carbocycles. The predicted octanol–water partition coefficient (Wildman–Crippen LogP) is 1.46. The van der Waals surface area contributed by atoms with Gasteiger partial charge in [0, 0.05) is 12.6 Å². The first-order valence-electron chi connectivity index (χ1n) is 5.66. The number of nitrogens with one attached hydrogen (secondary N) is 2. The lowest BCUT2D eigenvalue weighted by molar-refractivity contribution is 0.499. The molecule has 2 N–H and O–H groups in total. The lowest BCUT2D eigenvalue weighted by Crippen LogP contribution is -2.41. The van der Waals surface area contributed by atoms with E-state index in [2.05, 4.69) is 10.0 Å². The topological polar surface area (TPSA) is 58.2 Å². The van der Waals surface area contributed by atoms with Gasteiger partial charge in [-0.25, -0.2) is 17.2 Å². The zero-order valence-corrected chi connectivity index (χ0v) is 10.4. The first-order chi connectivity index (χ1) is 8.49. The summed E-state index contributed by atoms with van der Waals surface area (Å²) in [5.41, 5.74) is 0.0412. The van der Waals surface area contributed by atoms with Crippen molar-refractivity contribution in [1.29, 1.82) is 0 Å². The second-order valence-corrected chi connectivity index (χ2v) is 6.21. The Kier molecular flexibility index (Phi) is 3.82. The second-order valence-electron chi connectivity index (χ2n) is 4.24. The van der Waals surface area contributed by atoms with E-state index in [1.807, 2.05) is 0 Å². The largest absolute Gasteiger partial charge is 0.315 e. The maximum atomic E-state index is 13.0. The van der Waals surface area contributed by atoms with Gasteiger partial charge in [0.25, 0.3) is 0 Å². The van der Waals surface area contributed by atoms with Crippen molar-refractivity contribution in [3.63, 3.8) is 0 Å². The minimum atomic E-state index is -3.57. The molecule has 4 nitrogen and oxygen atoms in total. The first kappa shape index (κ1) is 13.2. The molecule has 2 rings (SSSR count). The quantitative estimate of drug-likeness (QED) is 0.878. The van der Waals surface area contributed by atoms with Gasteiger partial charge in [-0.1, -0.05) is 0 Å². The molecule has 1 heterocycles. The highest BCUT2D eigenvalue weighted by atomic mass is 32.2. The molecule has 1 atom stereocenters. The van der Waals surface area contributed by atoms with E-state index < -0.39 is 26.9 Å². The Hall–Kier alpha value is -1.21. The van der Waals surface area contributed by atoms with Crippen LogP contribution in [0.4, 0.5) is 14.5 Å².